The average Bonchev–Trinajstić information content (AvgIpc) is 2.75. The van der Waals surface area contributed by atoms with Crippen LogP contribution in [0.15, 0.2) is 40.9 Å². The number of benzene rings is 2. The maximum absolute atomic E-state index is 14.0. The van der Waals surface area contributed by atoms with Crippen molar-refractivity contribution < 1.29 is 27.1 Å². The van der Waals surface area contributed by atoms with Crippen LogP contribution in [0.2, 0.25) is 0 Å². The van der Waals surface area contributed by atoms with Crippen molar-refractivity contribution in [1.29, 1.82) is 0 Å². The van der Waals surface area contributed by atoms with Crippen molar-refractivity contribution in [3.8, 4) is 11.5 Å². The van der Waals surface area contributed by atoms with Crippen LogP contribution < -0.4 is 15.0 Å². The molecule has 0 aliphatic carbocycles. The Morgan fingerprint density at radius 3 is 2.71 bits per heavy atom. The number of fused-ring (bicyclic) bond motifs is 5. The van der Waals surface area contributed by atoms with Crippen LogP contribution in [-0.4, -0.2) is 24.7 Å². The average molecular weight is 459 g/mol. The number of carbonyl (C=O) groups is 1. The van der Waals surface area contributed by atoms with Crippen molar-refractivity contribution in [1.82, 2.24) is 5.32 Å². The number of nitrogens with zero attached hydrogens (tertiary/aromatic N) is 1. The first kappa shape index (κ1) is 19.0. The fraction of sp³-hybridized carbons (Fsp3) is 0.316. The minimum atomic E-state index is -4.97. The van der Waals surface area contributed by atoms with Crippen molar-refractivity contribution in [2.45, 2.75) is 31.1 Å². The lowest BCUT2D eigenvalue weighted by Crippen LogP contribution is -2.52. The van der Waals surface area contributed by atoms with Crippen LogP contribution in [0.5, 0.6) is 11.5 Å². The Bertz CT molecular complexity index is 935. The van der Waals surface area contributed by atoms with Crippen LogP contribution in [0.25, 0.3) is 0 Å². The Kier molecular flexibility index (Phi) is 4.73. The Morgan fingerprint density at radius 2 is 1.96 bits per heavy atom. The van der Waals surface area contributed by atoms with Crippen molar-refractivity contribution in [3.63, 3.8) is 0 Å². The topological polar surface area (TPSA) is 41.6 Å². The lowest BCUT2D eigenvalue weighted by atomic mass is 9.89. The molecule has 1 fully saturated rings. The third kappa shape index (κ3) is 3.32. The zero-order valence-electron chi connectivity index (χ0n) is 14.4. The highest BCUT2D eigenvalue weighted by Gasteiger charge is 2.44. The molecular formula is C19H15BrF4N2O2. The van der Waals surface area contributed by atoms with E-state index in [0.717, 1.165) is 0 Å². The summed E-state index contributed by atoms with van der Waals surface area (Å²) >= 11 is 3.35. The van der Waals surface area contributed by atoms with Gasteiger partial charge in [-0.3, -0.25) is 4.79 Å². The molecule has 2 aromatic rings. The summed E-state index contributed by atoms with van der Waals surface area (Å²) in [5, 5.41) is 2.14. The summed E-state index contributed by atoms with van der Waals surface area (Å²) in [7, 11) is 0. The number of carbonyl (C=O) groups excluding carboxylic acids is 1. The smallest absolute Gasteiger partial charge is 0.455 e. The summed E-state index contributed by atoms with van der Waals surface area (Å²) in [6.45, 7) is 0.526. The largest absolute Gasteiger partial charge is 0.471 e. The van der Waals surface area contributed by atoms with Gasteiger partial charge in [0.2, 0.25) is 0 Å². The van der Waals surface area contributed by atoms with E-state index in [-0.39, 0.29) is 5.75 Å². The number of hydrogen-bond donors (Lipinski definition) is 1. The number of amides is 1. The number of piperidine rings is 1. The van der Waals surface area contributed by atoms with E-state index in [1.807, 2.05) is 4.90 Å². The summed E-state index contributed by atoms with van der Waals surface area (Å²) in [5.74, 6) is -1.78. The molecule has 148 valence electrons. The molecule has 0 bridgehead atoms. The first-order valence-corrected chi connectivity index (χ1v) is 9.45. The molecule has 2 atom stereocenters. The predicted molar refractivity (Wildman–Crippen MR) is 97.9 cm³/mol. The third-order valence-electron chi connectivity index (χ3n) is 4.94. The van der Waals surface area contributed by atoms with Gasteiger partial charge >= 0.3 is 12.1 Å². The quantitative estimate of drug-likeness (QED) is 0.605. The molecule has 0 unspecified atom stereocenters. The third-order valence-corrected chi connectivity index (χ3v) is 5.55. The molecule has 0 radical (unpaired) electrons. The van der Waals surface area contributed by atoms with E-state index in [4.69, 9.17) is 4.74 Å². The molecule has 0 saturated carbocycles. The summed E-state index contributed by atoms with van der Waals surface area (Å²) in [5.41, 5.74) is 1.19. The van der Waals surface area contributed by atoms with Gasteiger partial charge in [0.1, 0.15) is 11.6 Å². The number of alkyl halides is 3. The van der Waals surface area contributed by atoms with Gasteiger partial charge in [-0.2, -0.15) is 13.2 Å². The Hall–Kier alpha value is -2.29. The molecule has 4 rings (SSSR count). The van der Waals surface area contributed by atoms with Crippen molar-refractivity contribution in [2.24, 2.45) is 0 Å². The normalized spacial score (nSPS) is 21.0. The maximum Gasteiger partial charge on any atom is 0.471 e. The van der Waals surface area contributed by atoms with E-state index in [2.05, 4.69) is 21.2 Å². The van der Waals surface area contributed by atoms with Gasteiger partial charge in [-0.05, 0) is 40.9 Å². The Balaban J connectivity index is 1.84. The summed E-state index contributed by atoms with van der Waals surface area (Å²) in [4.78, 5) is 13.5. The molecular weight excluding hydrogens is 444 g/mol. The molecule has 28 heavy (non-hydrogen) atoms. The summed E-state index contributed by atoms with van der Waals surface area (Å²) < 4.78 is 58.9. The molecule has 0 aromatic heterocycles. The van der Waals surface area contributed by atoms with Crippen molar-refractivity contribution in [2.75, 3.05) is 11.4 Å². The molecule has 2 heterocycles. The van der Waals surface area contributed by atoms with Crippen LogP contribution in [-0.2, 0) is 4.79 Å². The van der Waals surface area contributed by atoms with Gasteiger partial charge in [0.05, 0.1) is 17.8 Å². The van der Waals surface area contributed by atoms with Gasteiger partial charge in [0.25, 0.3) is 0 Å². The van der Waals surface area contributed by atoms with Gasteiger partial charge in [-0.25, -0.2) is 4.39 Å². The Morgan fingerprint density at radius 1 is 1.21 bits per heavy atom. The van der Waals surface area contributed by atoms with Gasteiger partial charge < -0.3 is 15.0 Å². The maximum atomic E-state index is 14.0. The molecule has 0 spiro atoms. The highest BCUT2D eigenvalue weighted by atomic mass is 79.9. The second-order valence-electron chi connectivity index (χ2n) is 6.73. The van der Waals surface area contributed by atoms with Gasteiger partial charge in [-0.1, -0.05) is 18.2 Å². The first-order chi connectivity index (χ1) is 13.3. The number of nitrogens with one attached hydrogen (secondary N) is 1. The van der Waals surface area contributed by atoms with Crippen LogP contribution >= 0.6 is 15.9 Å². The summed E-state index contributed by atoms with van der Waals surface area (Å²) in [6, 6.07) is 8.08. The molecule has 4 nitrogen and oxygen atoms in total. The number of ether oxygens (including phenoxy) is 1. The van der Waals surface area contributed by atoms with Crippen molar-refractivity contribution >= 4 is 27.5 Å². The highest BCUT2D eigenvalue weighted by molar-refractivity contribution is 9.10. The predicted octanol–water partition coefficient (Wildman–Crippen LogP) is 5.08. The van der Waals surface area contributed by atoms with Crippen LogP contribution in [0.1, 0.15) is 24.4 Å². The van der Waals surface area contributed by atoms with E-state index >= 15 is 0 Å². The molecule has 1 N–H and O–H groups in total. The van der Waals surface area contributed by atoms with Gasteiger partial charge in [0.15, 0.2) is 5.75 Å². The fourth-order valence-corrected chi connectivity index (χ4v) is 4.51. The van der Waals surface area contributed by atoms with E-state index in [9.17, 15) is 22.4 Å². The van der Waals surface area contributed by atoms with Gasteiger partial charge in [-0.15, -0.1) is 0 Å². The number of anilines is 1. The van der Waals surface area contributed by atoms with Crippen LogP contribution in [0, 0.1) is 5.82 Å². The Labute approximate surface area is 166 Å². The van der Waals surface area contributed by atoms with E-state index < -0.39 is 30.0 Å². The number of hydrogen-bond acceptors (Lipinski definition) is 3. The molecule has 2 aliphatic heterocycles. The van der Waals surface area contributed by atoms with Crippen LogP contribution in [0.4, 0.5) is 23.2 Å². The number of rotatable bonds is 1. The second kappa shape index (κ2) is 6.95. The zero-order chi connectivity index (χ0) is 20.1. The molecule has 2 aromatic carbocycles. The van der Waals surface area contributed by atoms with Crippen LogP contribution in [0.3, 0.4) is 0 Å². The first-order valence-electron chi connectivity index (χ1n) is 8.66. The molecule has 9 heteroatoms. The monoisotopic (exact) mass is 458 g/mol. The van der Waals surface area contributed by atoms with E-state index in [1.165, 1.54) is 12.1 Å². The fourth-order valence-electron chi connectivity index (χ4n) is 3.87. The van der Waals surface area contributed by atoms with E-state index in [0.29, 0.717) is 40.9 Å². The minimum absolute atomic E-state index is 0.268. The molecule has 1 amide bonds. The minimum Gasteiger partial charge on any atom is -0.455 e. The van der Waals surface area contributed by atoms with Gasteiger partial charge in [0, 0.05) is 22.6 Å². The molecule has 2 aliphatic rings. The highest BCUT2D eigenvalue weighted by Crippen LogP contribution is 2.50. The SMILES string of the molecule is O=C(N[C@@H]1CCCN2c3c(Br)cc(F)cc3Oc3ccccc3[C@H]12)C(F)(F)F. The standard InChI is InChI=1S/C19H15BrF4N2O2/c20-12-8-10(21)9-15-17(12)26-7-3-5-13(25-18(27)19(22,23)24)16(26)11-4-1-2-6-14(11)28-15/h1-2,4,6,8-9,13,16H,3,5,7H2,(H,25,27)/t13-,16-/m1/s1. The number of para-hydroxylation sites is 1. The lowest BCUT2D eigenvalue weighted by molar-refractivity contribution is -0.174. The van der Waals surface area contributed by atoms with E-state index in [1.54, 1.807) is 24.3 Å². The summed E-state index contributed by atoms with van der Waals surface area (Å²) in [6.07, 6.45) is -4.03. The second-order valence-corrected chi connectivity index (χ2v) is 7.59. The van der Waals surface area contributed by atoms with Crippen molar-refractivity contribution in [3.05, 3.63) is 52.3 Å². The number of halogens is 5. The molecule has 1 saturated heterocycles. The zero-order valence-corrected chi connectivity index (χ0v) is 16.0. The lowest BCUT2D eigenvalue weighted by Gasteiger charge is -2.42.